The molecule has 0 radical (unpaired) electrons. The Morgan fingerprint density at radius 3 is 2.43 bits per heavy atom. The van der Waals surface area contributed by atoms with Gasteiger partial charge >= 0.3 is 0 Å². The zero-order chi connectivity index (χ0) is 17.3. The maximum absolute atomic E-state index is 11.9. The van der Waals surface area contributed by atoms with Gasteiger partial charge in [0.2, 0.25) is 0 Å². The minimum absolute atomic E-state index is 0.0716. The molecule has 0 aliphatic heterocycles. The summed E-state index contributed by atoms with van der Waals surface area (Å²) in [4.78, 5) is 11.9. The number of hydrogen-bond donors (Lipinski definition) is 1. The van der Waals surface area contributed by atoms with Crippen LogP contribution in [-0.4, -0.2) is 36.1 Å². The molecule has 0 heterocycles. The molecule has 1 aromatic rings. The third-order valence-corrected chi connectivity index (χ3v) is 3.47. The number of nitrogens with zero attached hydrogens (tertiary/aromatic N) is 1. The first kappa shape index (κ1) is 19.0. The molecule has 5 heteroatoms. The van der Waals surface area contributed by atoms with E-state index in [1.54, 1.807) is 37.6 Å². The van der Waals surface area contributed by atoms with Crippen molar-refractivity contribution in [3.05, 3.63) is 35.0 Å². The van der Waals surface area contributed by atoms with E-state index in [2.05, 4.69) is 5.32 Å². The summed E-state index contributed by atoms with van der Waals surface area (Å²) in [5, 5.41) is 14.5. The van der Waals surface area contributed by atoms with Gasteiger partial charge in [0.1, 0.15) is 5.75 Å². The number of carbonyl (C=O) groups is 1. The zero-order valence-corrected chi connectivity index (χ0v) is 14.6. The SMILES string of the molecule is COc1ccc(C(=O)NCCCCC/C=[N+](\[O-])C(C)(C)C)cc1. The van der Waals surface area contributed by atoms with E-state index in [-0.39, 0.29) is 11.4 Å². The van der Waals surface area contributed by atoms with Crippen molar-refractivity contribution in [2.75, 3.05) is 13.7 Å². The van der Waals surface area contributed by atoms with Crippen LogP contribution < -0.4 is 10.1 Å². The number of hydroxylamine groups is 1. The second-order valence-electron chi connectivity index (χ2n) is 6.51. The molecular weight excluding hydrogens is 292 g/mol. The van der Waals surface area contributed by atoms with Crippen molar-refractivity contribution < 1.29 is 14.3 Å². The number of unbranched alkanes of at least 4 members (excludes halogenated alkanes) is 3. The Hall–Kier alpha value is -2.04. The molecule has 128 valence electrons. The molecule has 23 heavy (non-hydrogen) atoms. The van der Waals surface area contributed by atoms with Crippen molar-refractivity contribution >= 4 is 12.1 Å². The lowest BCUT2D eigenvalue weighted by atomic mass is 10.1. The Labute approximate surface area is 138 Å². The number of hydrogen-bond acceptors (Lipinski definition) is 3. The first-order valence-electron chi connectivity index (χ1n) is 8.06. The van der Waals surface area contributed by atoms with Gasteiger partial charge in [0.05, 0.1) is 7.11 Å². The number of rotatable bonds is 8. The average Bonchev–Trinajstić information content (AvgIpc) is 2.52. The maximum Gasteiger partial charge on any atom is 0.251 e. The second kappa shape index (κ2) is 9.18. The van der Waals surface area contributed by atoms with E-state index >= 15 is 0 Å². The van der Waals surface area contributed by atoms with Crippen LogP contribution in [0.3, 0.4) is 0 Å². The van der Waals surface area contributed by atoms with Gasteiger partial charge < -0.3 is 15.3 Å². The lowest BCUT2D eigenvalue weighted by Crippen LogP contribution is -2.29. The van der Waals surface area contributed by atoms with Crippen LogP contribution in [0.1, 0.15) is 56.8 Å². The fraction of sp³-hybridized carbons (Fsp3) is 0.556. The Bertz CT molecular complexity index is 516. The van der Waals surface area contributed by atoms with Crippen molar-refractivity contribution in [1.29, 1.82) is 0 Å². The molecule has 0 saturated heterocycles. The van der Waals surface area contributed by atoms with E-state index in [4.69, 9.17) is 4.74 Å². The molecule has 1 rings (SSSR count). The minimum Gasteiger partial charge on any atom is -0.624 e. The number of methoxy groups -OCH3 is 1. The van der Waals surface area contributed by atoms with E-state index in [9.17, 15) is 10.0 Å². The van der Waals surface area contributed by atoms with Gasteiger partial charge in [-0.15, -0.1) is 0 Å². The summed E-state index contributed by atoms with van der Waals surface area (Å²) in [6.45, 7) is 6.33. The quantitative estimate of drug-likeness (QED) is 0.263. The van der Waals surface area contributed by atoms with Gasteiger partial charge in [0.25, 0.3) is 5.91 Å². The van der Waals surface area contributed by atoms with E-state index < -0.39 is 0 Å². The number of benzene rings is 1. The van der Waals surface area contributed by atoms with Gasteiger partial charge in [-0.05, 0) is 37.1 Å². The highest BCUT2D eigenvalue weighted by atomic mass is 16.5. The third-order valence-electron chi connectivity index (χ3n) is 3.47. The van der Waals surface area contributed by atoms with Gasteiger partial charge in [0, 0.05) is 39.3 Å². The molecule has 1 aromatic carbocycles. The molecule has 0 fully saturated rings. The standard InChI is InChI=1S/C18H28N2O3/c1-18(2,3)20(22)14-8-6-5-7-13-19-17(21)15-9-11-16(23-4)12-10-15/h9-12,14H,5-8,13H2,1-4H3,(H,19,21)/b20-14-. The summed E-state index contributed by atoms with van der Waals surface area (Å²) < 4.78 is 6.07. The summed E-state index contributed by atoms with van der Waals surface area (Å²) in [6.07, 6.45) is 5.32. The molecular formula is C18H28N2O3. The second-order valence-corrected chi connectivity index (χ2v) is 6.51. The Morgan fingerprint density at radius 1 is 1.22 bits per heavy atom. The molecule has 1 amide bonds. The fourth-order valence-electron chi connectivity index (χ4n) is 1.97. The summed E-state index contributed by atoms with van der Waals surface area (Å²) >= 11 is 0. The number of nitrogens with one attached hydrogen (secondary N) is 1. The predicted molar refractivity (Wildman–Crippen MR) is 93.2 cm³/mol. The van der Waals surface area contributed by atoms with Crippen molar-refractivity contribution in [1.82, 2.24) is 5.32 Å². The number of ether oxygens (including phenoxy) is 1. The topological polar surface area (TPSA) is 64.4 Å². The van der Waals surface area contributed by atoms with Crippen molar-refractivity contribution in [3.63, 3.8) is 0 Å². The normalized spacial score (nSPS) is 12.1. The maximum atomic E-state index is 11.9. The van der Waals surface area contributed by atoms with Gasteiger partial charge in [0.15, 0.2) is 11.8 Å². The molecule has 0 aliphatic carbocycles. The highest BCUT2D eigenvalue weighted by Crippen LogP contribution is 2.11. The zero-order valence-electron chi connectivity index (χ0n) is 14.6. The van der Waals surface area contributed by atoms with Crippen LogP contribution >= 0.6 is 0 Å². The molecule has 5 nitrogen and oxygen atoms in total. The minimum atomic E-state index is -0.369. The van der Waals surface area contributed by atoms with E-state index in [1.807, 2.05) is 20.8 Å². The monoisotopic (exact) mass is 320 g/mol. The van der Waals surface area contributed by atoms with Crippen LogP contribution in [0, 0.1) is 5.21 Å². The highest BCUT2D eigenvalue weighted by molar-refractivity contribution is 5.94. The molecule has 0 atom stereocenters. The van der Waals surface area contributed by atoms with Crippen molar-refractivity contribution in [2.45, 2.75) is 52.0 Å². The van der Waals surface area contributed by atoms with Crippen LogP contribution in [0.2, 0.25) is 0 Å². The fourth-order valence-corrected chi connectivity index (χ4v) is 1.97. The Kier molecular flexibility index (Phi) is 7.59. The van der Waals surface area contributed by atoms with Crippen LogP contribution in [0.4, 0.5) is 0 Å². The van der Waals surface area contributed by atoms with Crippen LogP contribution in [-0.2, 0) is 0 Å². The number of amides is 1. The Morgan fingerprint density at radius 2 is 1.87 bits per heavy atom. The third kappa shape index (κ3) is 7.17. The predicted octanol–water partition coefficient (Wildman–Crippen LogP) is 3.37. The molecule has 1 N–H and O–H groups in total. The summed E-state index contributed by atoms with van der Waals surface area (Å²) in [5.74, 6) is 0.665. The van der Waals surface area contributed by atoms with Crippen molar-refractivity contribution in [3.8, 4) is 5.75 Å². The van der Waals surface area contributed by atoms with Crippen molar-refractivity contribution in [2.24, 2.45) is 0 Å². The van der Waals surface area contributed by atoms with Gasteiger partial charge in [-0.25, -0.2) is 4.74 Å². The van der Waals surface area contributed by atoms with E-state index in [1.165, 1.54) is 0 Å². The molecule has 0 aliphatic rings. The van der Waals surface area contributed by atoms with Gasteiger partial charge in [-0.1, -0.05) is 6.42 Å². The molecule has 0 saturated carbocycles. The largest absolute Gasteiger partial charge is 0.624 e. The van der Waals surface area contributed by atoms with Crippen LogP contribution in [0.15, 0.2) is 24.3 Å². The average molecular weight is 320 g/mol. The van der Waals surface area contributed by atoms with E-state index in [0.29, 0.717) is 12.1 Å². The molecule has 0 unspecified atom stereocenters. The first-order valence-corrected chi connectivity index (χ1v) is 8.06. The summed E-state index contributed by atoms with van der Waals surface area (Å²) in [6, 6.07) is 7.04. The van der Waals surface area contributed by atoms with Gasteiger partial charge in [-0.3, -0.25) is 4.79 Å². The van der Waals surface area contributed by atoms with Gasteiger partial charge in [-0.2, -0.15) is 0 Å². The smallest absolute Gasteiger partial charge is 0.251 e. The lowest BCUT2D eigenvalue weighted by Gasteiger charge is -2.18. The number of carbonyl (C=O) groups excluding carboxylic acids is 1. The summed E-state index contributed by atoms with van der Waals surface area (Å²) in [7, 11) is 1.60. The lowest BCUT2D eigenvalue weighted by molar-refractivity contribution is -0.532. The van der Waals surface area contributed by atoms with Crippen LogP contribution in [0.5, 0.6) is 5.75 Å². The first-order chi connectivity index (χ1) is 10.8. The summed E-state index contributed by atoms with van der Waals surface area (Å²) in [5.41, 5.74) is 0.262. The molecule has 0 bridgehead atoms. The molecule has 0 spiro atoms. The highest BCUT2D eigenvalue weighted by Gasteiger charge is 2.17. The van der Waals surface area contributed by atoms with Crippen LogP contribution in [0.25, 0.3) is 0 Å². The Balaban J connectivity index is 2.18. The molecule has 0 aromatic heterocycles. The van der Waals surface area contributed by atoms with E-state index in [0.717, 1.165) is 36.2 Å².